The van der Waals surface area contributed by atoms with Gasteiger partial charge in [-0.1, -0.05) is 0 Å². The van der Waals surface area contributed by atoms with Crippen LogP contribution in [0.2, 0.25) is 25.2 Å². The van der Waals surface area contributed by atoms with E-state index in [9.17, 15) is 19.2 Å². The van der Waals surface area contributed by atoms with Crippen molar-refractivity contribution in [3.63, 3.8) is 0 Å². The summed E-state index contributed by atoms with van der Waals surface area (Å²) >= 11 is 0. The van der Waals surface area contributed by atoms with E-state index in [4.69, 9.17) is 22.4 Å². The monoisotopic (exact) mass is 756 g/mol. The van der Waals surface area contributed by atoms with E-state index in [0.29, 0.717) is 51.9 Å². The Balaban J connectivity index is 0. The molecule has 0 amide bonds. The quantitative estimate of drug-likeness (QED) is 0.0467. The highest BCUT2D eigenvalue weighted by Gasteiger charge is 2.28. The van der Waals surface area contributed by atoms with Crippen LogP contribution in [0.4, 0.5) is 0 Å². The van der Waals surface area contributed by atoms with E-state index >= 15 is 0 Å². The SMILES string of the molecule is COC(=O)CCN(CCNCCC[Si](C)(OC)OC)CCC(=O)OC.COC(=O)CCNCCN(CCC[Si](C)(OC)OC)CCC(=O)OC. The van der Waals surface area contributed by atoms with Crippen LogP contribution in [0.3, 0.4) is 0 Å². The molecule has 0 radical (unpaired) electrons. The average molecular weight is 757 g/mol. The van der Waals surface area contributed by atoms with E-state index < -0.39 is 17.1 Å². The van der Waals surface area contributed by atoms with Gasteiger partial charge in [0.15, 0.2) is 0 Å². The lowest BCUT2D eigenvalue weighted by Gasteiger charge is -2.26. The van der Waals surface area contributed by atoms with Crippen LogP contribution >= 0.6 is 0 Å². The molecule has 0 fully saturated rings. The Morgan fingerprint density at radius 3 is 1.16 bits per heavy atom. The maximum atomic E-state index is 11.4. The molecule has 2 N–H and O–H groups in total. The van der Waals surface area contributed by atoms with Crippen molar-refractivity contribution < 1.29 is 55.8 Å². The van der Waals surface area contributed by atoms with E-state index in [1.807, 2.05) is 13.1 Å². The molecule has 0 aromatic rings. The second-order valence-corrected chi connectivity index (χ2v) is 18.9. The number of nitrogens with one attached hydrogen (secondary N) is 2. The normalized spacial score (nSPS) is 11.6. The third-order valence-electron chi connectivity index (χ3n) is 8.34. The van der Waals surface area contributed by atoms with E-state index in [0.717, 1.165) is 64.2 Å². The maximum Gasteiger partial charge on any atom is 0.334 e. The van der Waals surface area contributed by atoms with Crippen molar-refractivity contribution in [1.29, 1.82) is 0 Å². The van der Waals surface area contributed by atoms with Gasteiger partial charge in [-0.05, 0) is 51.1 Å². The Kier molecular flexibility index (Phi) is 31.8. The van der Waals surface area contributed by atoms with E-state index in [1.54, 1.807) is 28.4 Å². The summed E-state index contributed by atoms with van der Waals surface area (Å²) in [5.41, 5.74) is 0. The lowest BCUT2D eigenvalue weighted by Crippen LogP contribution is -2.39. The maximum absolute atomic E-state index is 11.4. The second kappa shape index (κ2) is 31.7. The van der Waals surface area contributed by atoms with Crippen LogP contribution in [-0.4, -0.2) is 173 Å². The molecule has 0 aliphatic carbocycles. The van der Waals surface area contributed by atoms with Crippen molar-refractivity contribution >= 4 is 41.0 Å². The number of hydrogen-bond donors (Lipinski definition) is 2. The second-order valence-electron chi connectivity index (χ2n) is 11.8. The molecule has 50 heavy (non-hydrogen) atoms. The van der Waals surface area contributed by atoms with Crippen LogP contribution < -0.4 is 10.6 Å². The topological polar surface area (TPSA) is 173 Å². The number of rotatable bonds is 30. The molecule has 296 valence electrons. The van der Waals surface area contributed by atoms with Crippen molar-refractivity contribution in [3.05, 3.63) is 0 Å². The van der Waals surface area contributed by atoms with Crippen LogP contribution in [0.25, 0.3) is 0 Å². The van der Waals surface area contributed by atoms with E-state index in [1.165, 1.54) is 28.4 Å². The van der Waals surface area contributed by atoms with Crippen molar-refractivity contribution in [3.8, 4) is 0 Å². The number of methoxy groups -OCH3 is 4. The number of nitrogens with zero attached hydrogens (tertiary/aromatic N) is 2. The lowest BCUT2D eigenvalue weighted by atomic mass is 10.3. The van der Waals surface area contributed by atoms with Crippen LogP contribution in [0.15, 0.2) is 0 Å². The number of carbonyl (C=O) groups is 4. The van der Waals surface area contributed by atoms with Gasteiger partial charge in [-0.25, -0.2) is 0 Å². The fourth-order valence-corrected chi connectivity index (χ4v) is 7.24. The van der Waals surface area contributed by atoms with Gasteiger partial charge in [0.25, 0.3) is 0 Å². The molecule has 0 bridgehead atoms. The van der Waals surface area contributed by atoms with Crippen molar-refractivity contribution in [2.75, 3.05) is 122 Å². The van der Waals surface area contributed by atoms with Crippen LogP contribution in [0.5, 0.6) is 0 Å². The van der Waals surface area contributed by atoms with E-state index in [2.05, 4.69) is 34.6 Å². The number of ether oxygens (including phenoxy) is 4. The zero-order valence-corrected chi connectivity index (χ0v) is 34.5. The fraction of sp³-hybridized carbons (Fsp3) is 0.875. The molecule has 0 rings (SSSR count). The highest BCUT2D eigenvalue weighted by atomic mass is 28.4. The highest BCUT2D eigenvalue weighted by molar-refractivity contribution is 6.66. The van der Waals surface area contributed by atoms with Gasteiger partial charge in [-0.3, -0.25) is 19.2 Å². The van der Waals surface area contributed by atoms with E-state index in [-0.39, 0.29) is 23.9 Å². The minimum absolute atomic E-state index is 0.211. The van der Waals surface area contributed by atoms with Gasteiger partial charge < -0.3 is 57.1 Å². The van der Waals surface area contributed by atoms with Gasteiger partial charge in [-0.2, -0.15) is 0 Å². The van der Waals surface area contributed by atoms with Crippen molar-refractivity contribution in [2.24, 2.45) is 0 Å². The number of carbonyl (C=O) groups excluding carboxylic acids is 4. The summed E-state index contributed by atoms with van der Waals surface area (Å²) in [7, 11) is 8.25. The lowest BCUT2D eigenvalue weighted by molar-refractivity contribution is -0.142. The zero-order valence-electron chi connectivity index (χ0n) is 32.5. The largest absolute Gasteiger partial charge is 0.469 e. The molecule has 0 atom stereocenters. The standard InChI is InChI=1S/2C16H34N2O6Si/c1-21-15(19)7-9-17-10-13-18(12-8-16(20)22-2)11-6-14-25(5,23-3)24-4;1-21-15(19)7-11-18(12-8-16(20)22-2)13-10-17-9-6-14-25(5,23-3)24-4/h2*17H,6-14H2,1-5H3. The Labute approximate surface area is 302 Å². The summed E-state index contributed by atoms with van der Waals surface area (Å²) in [6.07, 6.45) is 3.25. The molecule has 0 spiro atoms. The predicted octanol–water partition coefficient (Wildman–Crippen LogP) is 1.52. The minimum Gasteiger partial charge on any atom is -0.469 e. The van der Waals surface area contributed by atoms with Gasteiger partial charge in [0.1, 0.15) is 0 Å². The van der Waals surface area contributed by atoms with Gasteiger partial charge in [0, 0.05) is 80.8 Å². The summed E-state index contributed by atoms with van der Waals surface area (Å²) in [5, 5.41) is 6.59. The summed E-state index contributed by atoms with van der Waals surface area (Å²) in [6, 6.07) is 1.83. The minimum atomic E-state index is -2.06. The molecule has 0 aromatic heterocycles. The van der Waals surface area contributed by atoms with Crippen LogP contribution in [0, 0.1) is 0 Å². The van der Waals surface area contributed by atoms with Gasteiger partial charge >= 0.3 is 41.0 Å². The molecular formula is C32H68N4O12Si2. The molecule has 0 aliphatic rings. The smallest absolute Gasteiger partial charge is 0.334 e. The van der Waals surface area contributed by atoms with Gasteiger partial charge in [0.05, 0.1) is 54.1 Å². The van der Waals surface area contributed by atoms with Gasteiger partial charge in [0.2, 0.25) is 0 Å². The predicted molar refractivity (Wildman–Crippen MR) is 195 cm³/mol. The first-order valence-electron chi connectivity index (χ1n) is 17.1. The summed E-state index contributed by atoms with van der Waals surface area (Å²) in [6.45, 7) is 11.2. The molecule has 18 heteroatoms. The third-order valence-corrected chi connectivity index (χ3v) is 14.3. The highest BCUT2D eigenvalue weighted by Crippen LogP contribution is 2.14. The van der Waals surface area contributed by atoms with Crippen LogP contribution in [-0.2, 0) is 55.8 Å². The number of esters is 4. The molecule has 0 heterocycles. The number of hydrogen-bond acceptors (Lipinski definition) is 16. The Morgan fingerprint density at radius 2 is 0.780 bits per heavy atom. The average Bonchev–Trinajstić information content (AvgIpc) is 3.14. The fourth-order valence-electron chi connectivity index (χ4n) is 4.48. The first-order chi connectivity index (χ1) is 23.8. The summed E-state index contributed by atoms with van der Waals surface area (Å²) in [4.78, 5) is 49.3. The molecule has 0 saturated heterocycles. The Bertz CT molecular complexity index is 879. The van der Waals surface area contributed by atoms with Crippen LogP contribution in [0.1, 0.15) is 38.5 Å². The summed E-state index contributed by atoms with van der Waals surface area (Å²) in [5.74, 6) is -0.936. The van der Waals surface area contributed by atoms with Crippen molar-refractivity contribution in [1.82, 2.24) is 20.4 Å². The van der Waals surface area contributed by atoms with Crippen molar-refractivity contribution in [2.45, 2.75) is 63.7 Å². The molecule has 0 aliphatic heterocycles. The summed E-state index contributed by atoms with van der Waals surface area (Å²) < 4.78 is 40.5. The molecule has 0 saturated carbocycles. The first kappa shape index (κ1) is 50.1. The Hall–Kier alpha value is -2.01. The van der Waals surface area contributed by atoms with Gasteiger partial charge in [-0.15, -0.1) is 0 Å². The zero-order chi connectivity index (χ0) is 38.3. The molecule has 16 nitrogen and oxygen atoms in total. The first-order valence-corrected chi connectivity index (χ1v) is 22.2. The molecular weight excluding hydrogens is 689 g/mol. The Morgan fingerprint density at radius 1 is 0.440 bits per heavy atom. The third kappa shape index (κ3) is 27.7. The molecule has 0 aromatic carbocycles. The molecule has 0 unspecified atom stereocenters.